The largest absolute Gasteiger partial charge is 0.455 e. The maximum Gasteiger partial charge on any atom is 0.263 e. The lowest BCUT2D eigenvalue weighted by molar-refractivity contribution is 0.482. The van der Waals surface area contributed by atoms with Crippen LogP contribution in [0.3, 0.4) is 0 Å². The van der Waals surface area contributed by atoms with Gasteiger partial charge in [0.2, 0.25) is 0 Å². The fraction of sp³-hybridized carbons (Fsp3) is 0.0455. The van der Waals surface area contributed by atoms with Crippen molar-refractivity contribution in [2.75, 3.05) is 4.72 Å². The van der Waals surface area contributed by atoms with Gasteiger partial charge in [0.1, 0.15) is 29.2 Å². The van der Waals surface area contributed by atoms with Crippen LogP contribution in [0, 0.1) is 24.1 Å². The second-order valence-corrected chi connectivity index (χ2v) is 9.16. The first kappa shape index (κ1) is 21.4. The molecule has 0 amide bonds. The summed E-state index contributed by atoms with van der Waals surface area (Å²) in [5, 5.41) is 9.59. The molecule has 0 saturated carbocycles. The molecule has 0 saturated heterocycles. The number of sulfonamides is 1. The molecule has 0 spiro atoms. The van der Waals surface area contributed by atoms with E-state index in [4.69, 9.17) is 4.74 Å². The third-order valence-electron chi connectivity index (χ3n) is 4.35. The Labute approximate surface area is 188 Å². The zero-order valence-electron chi connectivity index (χ0n) is 16.6. The Balaban J connectivity index is 1.64. The van der Waals surface area contributed by atoms with E-state index in [1.807, 2.05) is 31.2 Å². The second-order valence-electron chi connectivity index (χ2n) is 6.67. The molecule has 0 fully saturated rings. The molecule has 4 aromatic rings. The average molecular weight is 467 g/mol. The maximum atomic E-state index is 13.0. The molecule has 160 valence electrons. The van der Waals surface area contributed by atoms with Gasteiger partial charge in [0.25, 0.3) is 10.0 Å². The minimum atomic E-state index is -4.04. The number of para-hydroxylation sites is 1. The Morgan fingerprint density at radius 2 is 1.91 bits per heavy atom. The molecule has 0 atom stereocenters. The lowest BCUT2D eigenvalue weighted by Crippen LogP contribution is -2.14. The lowest BCUT2D eigenvalue weighted by Gasteiger charge is -2.13. The average Bonchev–Trinajstić information content (AvgIpc) is 3.22. The lowest BCUT2D eigenvalue weighted by atomic mass is 10.1. The van der Waals surface area contributed by atoms with Crippen molar-refractivity contribution < 1.29 is 17.5 Å². The Morgan fingerprint density at radius 3 is 2.59 bits per heavy atom. The van der Waals surface area contributed by atoms with Crippen LogP contribution in [0.1, 0.15) is 11.3 Å². The van der Waals surface area contributed by atoms with Crippen LogP contribution in [0.15, 0.2) is 71.8 Å². The molecule has 0 unspecified atom stereocenters. The Bertz CT molecular complexity index is 1430. The first-order chi connectivity index (χ1) is 15.4. The van der Waals surface area contributed by atoms with Gasteiger partial charge in [-0.15, -0.1) is 0 Å². The smallest absolute Gasteiger partial charge is 0.263 e. The monoisotopic (exact) mass is 466 g/mol. The molecule has 32 heavy (non-hydrogen) atoms. The minimum absolute atomic E-state index is 0.0372. The molecule has 4 rings (SSSR count). The summed E-state index contributed by atoms with van der Waals surface area (Å²) in [5.41, 5.74) is 1.73. The maximum absolute atomic E-state index is 13.0. The van der Waals surface area contributed by atoms with E-state index < -0.39 is 15.8 Å². The summed E-state index contributed by atoms with van der Waals surface area (Å²) in [4.78, 5) is 4.44. The summed E-state index contributed by atoms with van der Waals surface area (Å²) in [7, 11) is -4.04. The van der Waals surface area contributed by atoms with Crippen molar-refractivity contribution in [2.45, 2.75) is 11.8 Å². The molecule has 2 aromatic heterocycles. The fourth-order valence-electron chi connectivity index (χ4n) is 2.85. The first-order valence-electron chi connectivity index (χ1n) is 9.25. The van der Waals surface area contributed by atoms with Crippen LogP contribution in [0.5, 0.6) is 11.5 Å². The summed E-state index contributed by atoms with van der Waals surface area (Å²) >= 11 is 1.33. The van der Waals surface area contributed by atoms with Crippen molar-refractivity contribution in [3.8, 4) is 28.0 Å². The topological polar surface area (TPSA) is 105 Å². The number of nitriles is 1. The highest BCUT2D eigenvalue weighted by molar-refractivity contribution is 7.92. The third kappa shape index (κ3) is 4.59. The summed E-state index contributed by atoms with van der Waals surface area (Å²) < 4.78 is 50.9. The number of halogens is 1. The number of benzene rings is 2. The van der Waals surface area contributed by atoms with Crippen LogP contribution in [0.4, 0.5) is 10.2 Å². The number of rotatable bonds is 6. The van der Waals surface area contributed by atoms with E-state index in [1.54, 1.807) is 12.1 Å². The Morgan fingerprint density at radius 1 is 1.09 bits per heavy atom. The molecule has 1 N–H and O–H groups in total. The highest BCUT2D eigenvalue weighted by Crippen LogP contribution is 2.37. The fourth-order valence-corrected chi connectivity index (χ4v) is 4.67. The predicted molar refractivity (Wildman–Crippen MR) is 119 cm³/mol. The van der Waals surface area contributed by atoms with Gasteiger partial charge in [-0.05, 0) is 67.0 Å². The number of hydrogen-bond donors (Lipinski definition) is 1. The van der Waals surface area contributed by atoms with Gasteiger partial charge in [-0.2, -0.15) is 9.64 Å². The Hall–Kier alpha value is -3.81. The van der Waals surface area contributed by atoms with Gasteiger partial charge in [-0.25, -0.2) is 17.8 Å². The zero-order chi connectivity index (χ0) is 22.7. The van der Waals surface area contributed by atoms with Crippen LogP contribution in [0.25, 0.3) is 10.4 Å². The molecule has 2 heterocycles. The van der Waals surface area contributed by atoms with Crippen LogP contribution in [-0.2, 0) is 10.0 Å². The number of pyridine rings is 1. The van der Waals surface area contributed by atoms with Crippen LogP contribution in [-0.4, -0.2) is 17.8 Å². The minimum Gasteiger partial charge on any atom is -0.455 e. The number of hydrogen-bond acceptors (Lipinski definition) is 7. The molecule has 0 bridgehead atoms. The van der Waals surface area contributed by atoms with Crippen LogP contribution < -0.4 is 9.46 Å². The van der Waals surface area contributed by atoms with Gasteiger partial charge in [0.05, 0.1) is 27.2 Å². The zero-order valence-corrected chi connectivity index (χ0v) is 18.2. The molecule has 7 nitrogen and oxygen atoms in total. The van der Waals surface area contributed by atoms with Crippen LogP contribution in [0.2, 0.25) is 0 Å². The second kappa shape index (κ2) is 8.74. The van der Waals surface area contributed by atoms with Gasteiger partial charge in [0, 0.05) is 5.56 Å². The van der Waals surface area contributed by atoms with E-state index in [0.29, 0.717) is 5.75 Å². The van der Waals surface area contributed by atoms with Gasteiger partial charge >= 0.3 is 0 Å². The number of nitrogens with zero attached hydrogens (tertiary/aromatic N) is 3. The van der Waals surface area contributed by atoms with Crippen molar-refractivity contribution in [3.05, 3.63) is 83.9 Å². The highest BCUT2D eigenvalue weighted by Gasteiger charge is 2.19. The number of aromatic nitrogens is 2. The van der Waals surface area contributed by atoms with E-state index >= 15 is 0 Å². The predicted octanol–water partition coefficient (Wildman–Crippen LogP) is 5.12. The molecule has 10 heteroatoms. The third-order valence-corrected chi connectivity index (χ3v) is 6.61. The van der Waals surface area contributed by atoms with Gasteiger partial charge in [-0.3, -0.25) is 4.72 Å². The quantitative estimate of drug-likeness (QED) is 0.423. The van der Waals surface area contributed by atoms with E-state index in [0.717, 1.165) is 28.4 Å². The number of anilines is 1. The standard InChI is InChI=1S/C22H15FN4O3S2/c1-14-10-21(31-26-14)18-4-2-3-5-20(18)30-19-8-7-17(11-15(19)12-24)32(28,29)27-22-9-6-16(23)13-25-22/h2-11,13H,1H3,(H,25,27). The normalized spacial score (nSPS) is 11.0. The number of aryl methyl sites for hydroxylation is 1. The van der Waals surface area contributed by atoms with Crippen molar-refractivity contribution in [1.82, 2.24) is 9.36 Å². The van der Waals surface area contributed by atoms with Crippen molar-refractivity contribution >= 4 is 27.4 Å². The van der Waals surface area contributed by atoms with Crippen LogP contribution >= 0.6 is 11.5 Å². The SMILES string of the molecule is Cc1cc(-c2ccccc2Oc2ccc(S(=O)(=O)Nc3ccc(F)cn3)cc2C#N)sn1. The molecule has 2 aromatic carbocycles. The highest BCUT2D eigenvalue weighted by atomic mass is 32.2. The van der Waals surface area contributed by atoms with Crippen molar-refractivity contribution in [2.24, 2.45) is 0 Å². The van der Waals surface area contributed by atoms with Gasteiger partial charge < -0.3 is 4.74 Å². The molecule has 0 aliphatic heterocycles. The van der Waals surface area contributed by atoms with E-state index in [9.17, 15) is 18.1 Å². The molecule has 0 aliphatic carbocycles. The number of ether oxygens (including phenoxy) is 1. The first-order valence-corrected chi connectivity index (χ1v) is 11.5. The Kier molecular flexibility index (Phi) is 5.85. The molecule has 0 aliphatic rings. The molecular weight excluding hydrogens is 451 g/mol. The van der Waals surface area contributed by atoms with Crippen molar-refractivity contribution in [1.29, 1.82) is 5.26 Å². The van der Waals surface area contributed by atoms with E-state index in [2.05, 4.69) is 14.1 Å². The summed E-state index contributed by atoms with van der Waals surface area (Å²) in [6.45, 7) is 1.89. The van der Waals surface area contributed by atoms with E-state index in [1.165, 1.54) is 35.8 Å². The summed E-state index contributed by atoms with van der Waals surface area (Å²) in [6.07, 6.45) is 0.900. The van der Waals surface area contributed by atoms with Gasteiger partial charge in [0.15, 0.2) is 0 Å². The summed E-state index contributed by atoms with van der Waals surface area (Å²) in [5.74, 6) is 0.0888. The van der Waals surface area contributed by atoms with Gasteiger partial charge in [-0.1, -0.05) is 12.1 Å². The molecule has 0 radical (unpaired) electrons. The van der Waals surface area contributed by atoms with Crippen molar-refractivity contribution in [3.63, 3.8) is 0 Å². The number of nitrogens with one attached hydrogen (secondary N) is 1. The molecular formula is C22H15FN4O3S2. The summed E-state index contributed by atoms with van der Waals surface area (Å²) in [6, 6.07) is 17.5. The van der Waals surface area contributed by atoms with E-state index in [-0.39, 0.29) is 22.0 Å².